The van der Waals surface area contributed by atoms with Crippen LogP contribution < -0.4 is 5.32 Å². The molecule has 1 saturated heterocycles. The van der Waals surface area contributed by atoms with E-state index in [0.29, 0.717) is 13.1 Å². The van der Waals surface area contributed by atoms with E-state index in [4.69, 9.17) is 11.6 Å². The topological polar surface area (TPSA) is 55.7 Å². The van der Waals surface area contributed by atoms with Gasteiger partial charge in [0.05, 0.1) is 12.2 Å². The van der Waals surface area contributed by atoms with Crippen LogP contribution in [0.15, 0.2) is 24.3 Å². The summed E-state index contributed by atoms with van der Waals surface area (Å²) in [6, 6.07) is 8.07. The highest BCUT2D eigenvalue weighted by Gasteiger charge is 2.29. The van der Waals surface area contributed by atoms with Gasteiger partial charge in [-0.05, 0) is 31.2 Å². The SMILES string of the molecule is CNC(CCN1CC(O)C(O)C1)c1cccc(Cl)c1. The second kappa shape index (κ2) is 6.68. The second-order valence-electron chi connectivity index (χ2n) is 5.08. The van der Waals surface area contributed by atoms with Gasteiger partial charge in [0.15, 0.2) is 0 Å². The van der Waals surface area contributed by atoms with E-state index in [1.54, 1.807) is 0 Å². The Kier molecular flexibility index (Phi) is 5.19. The molecule has 0 spiro atoms. The Morgan fingerprint density at radius 1 is 1.37 bits per heavy atom. The number of benzene rings is 1. The predicted octanol–water partition coefficient (Wildman–Crippen LogP) is 1.03. The lowest BCUT2D eigenvalue weighted by molar-refractivity contribution is 0.0572. The molecule has 106 valence electrons. The van der Waals surface area contributed by atoms with Crippen molar-refractivity contribution < 1.29 is 10.2 Å². The van der Waals surface area contributed by atoms with Crippen molar-refractivity contribution in [3.63, 3.8) is 0 Å². The molecule has 5 heteroatoms. The lowest BCUT2D eigenvalue weighted by Crippen LogP contribution is -2.27. The fourth-order valence-corrected chi connectivity index (χ4v) is 2.74. The molecule has 0 saturated carbocycles. The van der Waals surface area contributed by atoms with Gasteiger partial charge >= 0.3 is 0 Å². The average molecular weight is 285 g/mol. The van der Waals surface area contributed by atoms with Crippen molar-refractivity contribution in [3.8, 4) is 0 Å². The van der Waals surface area contributed by atoms with Crippen LogP contribution in [0.25, 0.3) is 0 Å². The molecule has 1 aliphatic heterocycles. The third kappa shape index (κ3) is 3.91. The molecule has 1 aliphatic rings. The van der Waals surface area contributed by atoms with Gasteiger partial charge < -0.3 is 15.5 Å². The zero-order chi connectivity index (χ0) is 13.8. The Bertz CT molecular complexity index is 406. The number of rotatable bonds is 5. The molecule has 4 nitrogen and oxygen atoms in total. The molecule has 19 heavy (non-hydrogen) atoms. The summed E-state index contributed by atoms with van der Waals surface area (Å²) in [6.07, 6.45) is -0.311. The van der Waals surface area contributed by atoms with E-state index in [2.05, 4.69) is 16.3 Å². The lowest BCUT2D eigenvalue weighted by atomic mass is 10.0. The third-order valence-corrected chi connectivity index (χ3v) is 3.90. The smallest absolute Gasteiger partial charge is 0.0938 e. The first-order valence-electron chi connectivity index (χ1n) is 6.61. The third-order valence-electron chi connectivity index (χ3n) is 3.67. The second-order valence-corrected chi connectivity index (χ2v) is 5.52. The summed E-state index contributed by atoms with van der Waals surface area (Å²) in [4.78, 5) is 2.09. The summed E-state index contributed by atoms with van der Waals surface area (Å²) in [5.74, 6) is 0. The number of likely N-dealkylation sites (tertiary alicyclic amines) is 1. The van der Waals surface area contributed by atoms with Gasteiger partial charge in [-0.1, -0.05) is 23.7 Å². The molecule has 1 fully saturated rings. The number of β-amino-alcohol motifs (C(OH)–C–C–N with tert-alkyl or cyclic N) is 2. The Hall–Kier alpha value is -0.650. The molecule has 0 radical (unpaired) electrons. The number of nitrogens with zero attached hydrogens (tertiary/aromatic N) is 1. The number of aliphatic hydroxyl groups is 2. The van der Waals surface area contributed by atoms with Gasteiger partial charge in [0.25, 0.3) is 0 Å². The van der Waals surface area contributed by atoms with Crippen molar-refractivity contribution in [1.29, 1.82) is 0 Å². The van der Waals surface area contributed by atoms with Crippen LogP contribution in [0.5, 0.6) is 0 Å². The molecule has 2 rings (SSSR count). The first-order chi connectivity index (χ1) is 9.10. The standard InChI is InChI=1S/C14H21ClN2O2/c1-16-12(10-3-2-4-11(15)7-10)5-6-17-8-13(18)14(19)9-17/h2-4,7,12-14,16,18-19H,5-6,8-9H2,1H3. The predicted molar refractivity (Wildman–Crippen MR) is 76.3 cm³/mol. The Morgan fingerprint density at radius 3 is 2.63 bits per heavy atom. The van der Waals surface area contributed by atoms with Crippen molar-refractivity contribution in [1.82, 2.24) is 10.2 Å². The number of hydrogen-bond donors (Lipinski definition) is 3. The maximum atomic E-state index is 9.52. The molecule has 1 heterocycles. The van der Waals surface area contributed by atoms with Crippen LogP contribution in [0, 0.1) is 0 Å². The van der Waals surface area contributed by atoms with Crippen LogP contribution in [-0.4, -0.2) is 54.0 Å². The summed E-state index contributed by atoms with van der Waals surface area (Å²) in [5.41, 5.74) is 1.16. The van der Waals surface area contributed by atoms with Crippen molar-refractivity contribution in [2.24, 2.45) is 0 Å². The van der Waals surface area contributed by atoms with E-state index in [1.165, 1.54) is 0 Å². The maximum absolute atomic E-state index is 9.52. The molecule has 3 N–H and O–H groups in total. The quantitative estimate of drug-likeness (QED) is 0.756. The summed E-state index contributed by atoms with van der Waals surface area (Å²) >= 11 is 6.01. The van der Waals surface area contributed by atoms with Gasteiger partial charge in [0.2, 0.25) is 0 Å². The largest absolute Gasteiger partial charge is 0.389 e. The molecular weight excluding hydrogens is 264 g/mol. The van der Waals surface area contributed by atoms with Gasteiger partial charge in [-0.25, -0.2) is 0 Å². The van der Waals surface area contributed by atoms with Gasteiger partial charge in [-0.15, -0.1) is 0 Å². The lowest BCUT2D eigenvalue weighted by Gasteiger charge is -2.21. The van der Waals surface area contributed by atoms with Gasteiger partial charge in [-0.3, -0.25) is 4.90 Å². The van der Waals surface area contributed by atoms with E-state index in [-0.39, 0.29) is 6.04 Å². The van der Waals surface area contributed by atoms with Crippen LogP contribution in [0.3, 0.4) is 0 Å². The molecule has 0 aromatic heterocycles. The Labute approximate surface area is 119 Å². The van der Waals surface area contributed by atoms with Crippen molar-refractivity contribution in [3.05, 3.63) is 34.9 Å². The summed E-state index contributed by atoms with van der Waals surface area (Å²) < 4.78 is 0. The maximum Gasteiger partial charge on any atom is 0.0938 e. The Morgan fingerprint density at radius 2 is 2.05 bits per heavy atom. The molecule has 3 atom stereocenters. The monoisotopic (exact) mass is 284 g/mol. The molecule has 0 bridgehead atoms. The first kappa shape index (κ1) is 14.8. The van der Waals surface area contributed by atoms with Crippen molar-refractivity contribution in [2.45, 2.75) is 24.7 Å². The van der Waals surface area contributed by atoms with E-state index in [0.717, 1.165) is 23.6 Å². The highest BCUT2D eigenvalue weighted by Crippen LogP contribution is 2.21. The number of halogens is 1. The highest BCUT2D eigenvalue weighted by atomic mass is 35.5. The minimum absolute atomic E-state index is 0.230. The fraction of sp³-hybridized carbons (Fsp3) is 0.571. The summed E-state index contributed by atoms with van der Waals surface area (Å²) in [5, 5.41) is 23.1. The number of nitrogens with one attached hydrogen (secondary N) is 1. The number of aliphatic hydroxyl groups excluding tert-OH is 2. The van der Waals surface area contributed by atoms with E-state index in [1.807, 2.05) is 25.2 Å². The van der Waals surface area contributed by atoms with Crippen LogP contribution in [0.4, 0.5) is 0 Å². The molecule has 0 amide bonds. The fourth-order valence-electron chi connectivity index (χ4n) is 2.54. The van der Waals surface area contributed by atoms with Gasteiger partial charge in [-0.2, -0.15) is 0 Å². The van der Waals surface area contributed by atoms with E-state index >= 15 is 0 Å². The normalized spacial score (nSPS) is 25.7. The Balaban J connectivity index is 1.90. The van der Waals surface area contributed by atoms with E-state index < -0.39 is 12.2 Å². The van der Waals surface area contributed by atoms with Gasteiger partial charge in [0, 0.05) is 30.7 Å². The zero-order valence-electron chi connectivity index (χ0n) is 11.1. The van der Waals surface area contributed by atoms with Crippen molar-refractivity contribution in [2.75, 3.05) is 26.7 Å². The number of hydrogen-bond acceptors (Lipinski definition) is 4. The minimum Gasteiger partial charge on any atom is -0.389 e. The van der Waals surface area contributed by atoms with E-state index in [9.17, 15) is 10.2 Å². The minimum atomic E-state index is -0.612. The highest BCUT2D eigenvalue weighted by molar-refractivity contribution is 6.30. The summed E-state index contributed by atoms with van der Waals surface area (Å²) in [6.45, 7) is 1.94. The molecule has 0 aliphatic carbocycles. The molecular formula is C14H21ClN2O2. The molecule has 1 aromatic rings. The average Bonchev–Trinajstić information content (AvgIpc) is 2.70. The van der Waals surface area contributed by atoms with Crippen LogP contribution in [-0.2, 0) is 0 Å². The van der Waals surface area contributed by atoms with Crippen LogP contribution in [0.2, 0.25) is 5.02 Å². The zero-order valence-corrected chi connectivity index (χ0v) is 11.8. The van der Waals surface area contributed by atoms with Crippen LogP contribution >= 0.6 is 11.6 Å². The van der Waals surface area contributed by atoms with Crippen LogP contribution in [0.1, 0.15) is 18.0 Å². The summed E-state index contributed by atoms with van der Waals surface area (Å²) in [7, 11) is 1.93. The van der Waals surface area contributed by atoms with Crippen molar-refractivity contribution >= 4 is 11.6 Å². The van der Waals surface area contributed by atoms with Gasteiger partial charge in [0.1, 0.15) is 0 Å². The molecule has 1 aromatic carbocycles. The first-order valence-corrected chi connectivity index (χ1v) is 6.99. The molecule has 3 unspecified atom stereocenters.